The van der Waals surface area contributed by atoms with Gasteiger partial charge in [0.2, 0.25) is 0 Å². The van der Waals surface area contributed by atoms with Crippen molar-refractivity contribution in [3.63, 3.8) is 0 Å². The van der Waals surface area contributed by atoms with Crippen LogP contribution in [0.3, 0.4) is 0 Å². The Hall–Kier alpha value is -1.88. The van der Waals surface area contributed by atoms with Crippen molar-refractivity contribution < 1.29 is 4.39 Å². The number of nitrogens with zero attached hydrogens (tertiary/aromatic N) is 1. The quantitative estimate of drug-likeness (QED) is 0.673. The largest absolute Gasteiger partial charge is 0.397 e. The lowest BCUT2D eigenvalue weighted by Crippen LogP contribution is -1.85. The van der Waals surface area contributed by atoms with Gasteiger partial charge in [-0.1, -0.05) is 22.0 Å². The number of aromatic amines is 1. The highest BCUT2D eigenvalue weighted by Crippen LogP contribution is 2.26. The number of nitrogens with one attached hydrogen (secondary N) is 1. The lowest BCUT2D eigenvalue weighted by molar-refractivity contribution is 0.627. The number of anilines is 1. The SMILES string of the molecule is Nc1cccc2[nH]c(-c3cc(F)cc(Br)c3)nc12. The normalized spacial score (nSPS) is 11.0. The van der Waals surface area contributed by atoms with Gasteiger partial charge in [0.05, 0.1) is 11.2 Å². The molecule has 1 heterocycles. The monoisotopic (exact) mass is 305 g/mol. The van der Waals surface area contributed by atoms with Crippen molar-refractivity contribution in [2.24, 2.45) is 0 Å². The third kappa shape index (κ3) is 1.86. The number of nitrogens with two attached hydrogens (primary N) is 1. The van der Waals surface area contributed by atoms with Gasteiger partial charge in [-0.2, -0.15) is 0 Å². The van der Waals surface area contributed by atoms with Crippen LogP contribution in [0.25, 0.3) is 22.4 Å². The number of hydrogen-bond donors (Lipinski definition) is 2. The Kier molecular flexibility index (Phi) is 2.56. The van der Waals surface area contributed by atoms with Gasteiger partial charge < -0.3 is 10.7 Å². The van der Waals surface area contributed by atoms with Gasteiger partial charge >= 0.3 is 0 Å². The first-order valence-electron chi connectivity index (χ1n) is 5.34. The van der Waals surface area contributed by atoms with E-state index in [0.717, 1.165) is 5.52 Å². The average Bonchev–Trinajstić information content (AvgIpc) is 2.73. The smallest absolute Gasteiger partial charge is 0.138 e. The Morgan fingerprint density at radius 3 is 2.78 bits per heavy atom. The summed E-state index contributed by atoms with van der Waals surface area (Å²) in [6.45, 7) is 0. The fourth-order valence-corrected chi connectivity index (χ4v) is 2.35. The van der Waals surface area contributed by atoms with E-state index in [9.17, 15) is 4.39 Å². The molecule has 3 nitrogen and oxygen atoms in total. The minimum atomic E-state index is -0.312. The lowest BCUT2D eigenvalue weighted by Gasteiger charge is -1.98. The van der Waals surface area contributed by atoms with Crippen LogP contribution in [-0.2, 0) is 0 Å². The molecule has 0 atom stereocenters. The van der Waals surface area contributed by atoms with Crippen molar-refractivity contribution in [2.45, 2.75) is 0 Å². The molecule has 0 aliphatic rings. The van der Waals surface area contributed by atoms with Crippen LogP contribution in [-0.4, -0.2) is 9.97 Å². The molecule has 0 bridgehead atoms. The number of rotatable bonds is 1. The molecule has 0 unspecified atom stereocenters. The molecular formula is C13H9BrFN3. The standard InChI is InChI=1S/C13H9BrFN3/c14-8-4-7(5-9(15)6-8)13-17-11-3-1-2-10(16)12(11)18-13/h1-6H,16H2,(H,17,18). The van der Waals surface area contributed by atoms with Gasteiger partial charge in [0.25, 0.3) is 0 Å². The minimum absolute atomic E-state index is 0.312. The summed E-state index contributed by atoms with van der Waals surface area (Å²) in [6, 6.07) is 10.2. The van der Waals surface area contributed by atoms with Crippen molar-refractivity contribution in [3.05, 3.63) is 46.7 Å². The Balaban J connectivity index is 2.22. The summed E-state index contributed by atoms with van der Waals surface area (Å²) in [5, 5.41) is 0. The molecule has 3 rings (SSSR count). The first-order valence-corrected chi connectivity index (χ1v) is 6.13. The minimum Gasteiger partial charge on any atom is -0.397 e. The summed E-state index contributed by atoms with van der Waals surface area (Å²) in [5.74, 6) is 0.288. The van der Waals surface area contributed by atoms with Crippen molar-refractivity contribution in [1.82, 2.24) is 9.97 Å². The number of halogens is 2. The molecule has 0 amide bonds. The first-order chi connectivity index (χ1) is 8.63. The van der Waals surface area contributed by atoms with Gasteiger partial charge in [0.1, 0.15) is 17.2 Å². The Morgan fingerprint density at radius 2 is 2.06 bits per heavy atom. The number of aromatic nitrogens is 2. The van der Waals surface area contributed by atoms with E-state index in [2.05, 4.69) is 25.9 Å². The van der Waals surface area contributed by atoms with Crippen LogP contribution in [0.4, 0.5) is 10.1 Å². The maximum atomic E-state index is 13.4. The predicted octanol–water partition coefficient (Wildman–Crippen LogP) is 3.71. The van der Waals surface area contributed by atoms with E-state index < -0.39 is 0 Å². The van der Waals surface area contributed by atoms with Crippen LogP contribution in [0.2, 0.25) is 0 Å². The van der Waals surface area contributed by atoms with E-state index in [1.165, 1.54) is 12.1 Å². The molecule has 18 heavy (non-hydrogen) atoms. The predicted molar refractivity (Wildman–Crippen MR) is 73.6 cm³/mol. The Morgan fingerprint density at radius 1 is 1.22 bits per heavy atom. The molecule has 0 spiro atoms. The van der Waals surface area contributed by atoms with Crippen LogP contribution in [0.1, 0.15) is 0 Å². The average molecular weight is 306 g/mol. The molecule has 0 fully saturated rings. The molecule has 5 heteroatoms. The van der Waals surface area contributed by atoms with Crippen LogP contribution < -0.4 is 5.73 Å². The highest BCUT2D eigenvalue weighted by Gasteiger charge is 2.08. The van der Waals surface area contributed by atoms with Crippen LogP contribution >= 0.6 is 15.9 Å². The lowest BCUT2D eigenvalue weighted by atomic mass is 10.2. The number of fused-ring (bicyclic) bond motifs is 1. The van der Waals surface area contributed by atoms with Crippen LogP contribution in [0, 0.1) is 5.82 Å². The zero-order valence-electron chi connectivity index (χ0n) is 9.24. The molecule has 0 aliphatic heterocycles. The van der Waals surface area contributed by atoms with E-state index >= 15 is 0 Å². The number of hydrogen-bond acceptors (Lipinski definition) is 2. The summed E-state index contributed by atoms with van der Waals surface area (Å²) in [4.78, 5) is 7.53. The molecule has 3 N–H and O–H groups in total. The zero-order valence-corrected chi connectivity index (χ0v) is 10.8. The summed E-state index contributed by atoms with van der Waals surface area (Å²) < 4.78 is 14.0. The van der Waals surface area contributed by atoms with Gasteiger partial charge in [0, 0.05) is 10.0 Å². The van der Waals surface area contributed by atoms with Crippen molar-refractivity contribution in [2.75, 3.05) is 5.73 Å². The van der Waals surface area contributed by atoms with Crippen molar-refractivity contribution in [1.29, 1.82) is 0 Å². The first kappa shape index (κ1) is 11.2. The van der Waals surface area contributed by atoms with Gasteiger partial charge in [-0.25, -0.2) is 9.37 Å². The highest BCUT2D eigenvalue weighted by molar-refractivity contribution is 9.10. The van der Waals surface area contributed by atoms with Crippen LogP contribution in [0.15, 0.2) is 40.9 Å². The maximum absolute atomic E-state index is 13.4. The Bertz CT molecular complexity index is 716. The fourth-order valence-electron chi connectivity index (χ4n) is 1.88. The third-order valence-electron chi connectivity index (χ3n) is 2.68. The van der Waals surface area contributed by atoms with E-state index in [0.29, 0.717) is 27.1 Å². The molecule has 0 saturated carbocycles. The maximum Gasteiger partial charge on any atom is 0.138 e. The van der Waals surface area contributed by atoms with Gasteiger partial charge in [-0.05, 0) is 30.3 Å². The summed E-state index contributed by atoms with van der Waals surface area (Å²) in [5.41, 5.74) is 8.66. The number of benzene rings is 2. The van der Waals surface area contributed by atoms with Crippen molar-refractivity contribution >= 4 is 32.7 Å². The van der Waals surface area contributed by atoms with Crippen LogP contribution in [0.5, 0.6) is 0 Å². The van der Waals surface area contributed by atoms with Gasteiger partial charge in [-0.3, -0.25) is 0 Å². The Labute approximate surface area is 111 Å². The van der Waals surface area contributed by atoms with Crippen molar-refractivity contribution in [3.8, 4) is 11.4 Å². The number of imidazole rings is 1. The molecule has 2 aromatic carbocycles. The second-order valence-corrected chi connectivity index (χ2v) is 4.90. The summed E-state index contributed by atoms with van der Waals surface area (Å²) in [6.07, 6.45) is 0. The third-order valence-corrected chi connectivity index (χ3v) is 3.14. The summed E-state index contributed by atoms with van der Waals surface area (Å²) in [7, 11) is 0. The molecule has 0 saturated heterocycles. The molecule has 90 valence electrons. The number of nitrogen functional groups attached to an aromatic ring is 1. The van der Waals surface area contributed by atoms with E-state index in [1.54, 1.807) is 12.1 Å². The molecule has 0 aliphatic carbocycles. The summed E-state index contributed by atoms with van der Waals surface area (Å²) >= 11 is 3.26. The molecular weight excluding hydrogens is 297 g/mol. The van der Waals surface area contributed by atoms with E-state index in [1.807, 2.05) is 12.1 Å². The molecule has 1 aromatic heterocycles. The van der Waals surface area contributed by atoms with E-state index in [-0.39, 0.29) is 5.82 Å². The topological polar surface area (TPSA) is 54.7 Å². The van der Waals surface area contributed by atoms with Gasteiger partial charge in [-0.15, -0.1) is 0 Å². The molecule has 0 radical (unpaired) electrons. The number of para-hydroxylation sites is 1. The molecule has 3 aromatic rings. The second kappa shape index (κ2) is 4.10. The zero-order chi connectivity index (χ0) is 12.7. The van der Waals surface area contributed by atoms with Gasteiger partial charge in [0.15, 0.2) is 0 Å². The highest BCUT2D eigenvalue weighted by atomic mass is 79.9. The number of H-pyrrole nitrogens is 1. The second-order valence-electron chi connectivity index (χ2n) is 3.99. The van der Waals surface area contributed by atoms with E-state index in [4.69, 9.17) is 5.73 Å². The fraction of sp³-hybridized carbons (Fsp3) is 0.